The van der Waals surface area contributed by atoms with Crippen LogP contribution in [0.1, 0.15) is 11.3 Å². The molecular formula is C24H21N3O2S. The van der Waals surface area contributed by atoms with Gasteiger partial charge in [-0.1, -0.05) is 24.3 Å². The van der Waals surface area contributed by atoms with E-state index in [-0.39, 0.29) is 0 Å². The number of thiocarbonyl (C=S) groups is 1. The van der Waals surface area contributed by atoms with Crippen LogP contribution in [0.4, 0.5) is 5.69 Å². The summed E-state index contributed by atoms with van der Waals surface area (Å²) in [6, 6.07) is 25.2. The first-order valence-corrected chi connectivity index (χ1v) is 9.97. The fourth-order valence-corrected chi connectivity index (χ4v) is 3.18. The number of rotatable bonds is 7. The number of benzene rings is 2. The van der Waals surface area contributed by atoms with E-state index >= 15 is 0 Å². The molecule has 0 saturated heterocycles. The molecule has 0 amide bonds. The SMILES string of the molecule is S=C(Nc1ccc(Oc2ccccc2)cc1)N(Cc1cccnc1)Cc1ccco1. The van der Waals surface area contributed by atoms with E-state index < -0.39 is 0 Å². The molecule has 0 bridgehead atoms. The molecule has 5 nitrogen and oxygen atoms in total. The first-order valence-electron chi connectivity index (χ1n) is 9.56. The summed E-state index contributed by atoms with van der Waals surface area (Å²) in [5.41, 5.74) is 1.95. The van der Waals surface area contributed by atoms with E-state index in [4.69, 9.17) is 21.4 Å². The van der Waals surface area contributed by atoms with E-state index in [1.807, 2.05) is 90.0 Å². The van der Waals surface area contributed by atoms with Gasteiger partial charge in [-0.15, -0.1) is 0 Å². The summed E-state index contributed by atoms with van der Waals surface area (Å²) in [7, 11) is 0. The molecule has 4 rings (SSSR count). The molecule has 0 spiro atoms. The van der Waals surface area contributed by atoms with Gasteiger partial charge in [-0.2, -0.15) is 0 Å². The molecule has 2 heterocycles. The van der Waals surface area contributed by atoms with Gasteiger partial charge >= 0.3 is 0 Å². The highest BCUT2D eigenvalue weighted by atomic mass is 32.1. The van der Waals surface area contributed by atoms with Crippen molar-refractivity contribution >= 4 is 23.0 Å². The molecule has 0 radical (unpaired) electrons. The highest BCUT2D eigenvalue weighted by Gasteiger charge is 2.13. The zero-order valence-electron chi connectivity index (χ0n) is 16.3. The van der Waals surface area contributed by atoms with Crippen molar-refractivity contribution in [1.29, 1.82) is 0 Å². The molecule has 30 heavy (non-hydrogen) atoms. The molecule has 6 heteroatoms. The third kappa shape index (κ3) is 5.46. The van der Waals surface area contributed by atoms with Crippen LogP contribution in [-0.4, -0.2) is 15.0 Å². The summed E-state index contributed by atoms with van der Waals surface area (Å²) in [4.78, 5) is 6.24. The molecule has 1 N–H and O–H groups in total. The standard InChI is InChI=1S/C24H21N3O2S/c30-24(26-20-10-12-22(13-11-20)29-21-7-2-1-3-8-21)27(18-23-9-5-15-28-23)17-19-6-4-14-25-16-19/h1-16H,17-18H2,(H,26,30). The van der Waals surface area contributed by atoms with Crippen molar-refractivity contribution < 1.29 is 9.15 Å². The summed E-state index contributed by atoms with van der Waals surface area (Å²) in [6.07, 6.45) is 5.27. The molecular weight excluding hydrogens is 394 g/mol. The third-order valence-electron chi connectivity index (χ3n) is 4.39. The normalized spacial score (nSPS) is 10.4. The number of furan rings is 1. The Kier molecular flexibility index (Phi) is 6.37. The Balaban J connectivity index is 1.43. The lowest BCUT2D eigenvalue weighted by molar-refractivity contribution is 0.360. The molecule has 0 unspecified atom stereocenters. The molecule has 0 saturated carbocycles. The van der Waals surface area contributed by atoms with Gasteiger partial charge in [-0.25, -0.2) is 0 Å². The van der Waals surface area contributed by atoms with Gasteiger partial charge in [0.05, 0.1) is 12.8 Å². The Morgan fingerprint density at radius 3 is 2.40 bits per heavy atom. The van der Waals surface area contributed by atoms with Crippen LogP contribution in [0, 0.1) is 0 Å². The number of pyridine rings is 1. The van der Waals surface area contributed by atoms with Crippen molar-refractivity contribution in [1.82, 2.24) is 9.88 Å². The lowest BCUT2D eigenvalue weighted by atomic mass is 10.2. The van der Waals surface area contributed by atoms with Crippen molar-refractivity contribution in [2.75, 3.05) is 5.32 Å². The van der Waals surface area contributed by atoms with E-state index in [1.165, 1.54) is 0 Å². The summed E-state index contributed by atoms with van der Waals surface area (Å²) in [6.45, 7) is 1.18. The predicted molar refractivity (Wildman–Crippen MR) is 121 cm³/mol. The van der Waals surface area contributed by atoms with Crippen molar-refractivity contribution in [3.05, 3.63) is 109 Å². The van der Waals surface area contributed by atoms with Gasteiger partial charge in [-0.05, 0) is 72.4 Å². The van der Waals surface area contributed by atoms with Gasteiger partial charge in [0.25, 0.3) is 0 Å². The monoisotopic (exact) mass is 415 g/mol. The molecule has 150 valence electrons. The zero-order chi connectivity index (χ0) is 20.6. The summed E-state index contributed by atoms with van der Waals surface area (Å²) >= 11 is 5.69. The minimum Gasteiger partial charge on any atom is -0.467 e. The lowest BCUT2D eigenvalue weighted by Gasteiger charge is -2.25. The number of nitrogens with one attached hydrogen (secondary N) is 1. The molecule has 0 atom stereocenters. The fraction of sp³-hybridized carbons (Fsp3) is 0.0833. The number of ether oxygens (including phenoxy) is 1. The first kappa shape index (κ1) is 19.7. The molecule has 2 aromatic carbocycles. The lowest BCUT2D eigenvalue weighted by Crippen LogP contribution is -2.33. The minimum absolute atomic E-state index is 0.558. The number of hydrogen-bond acceptors (Lipinski definition) is 4. The largest absolute Gasteiger partial charge is 0.467 e. The summed E-state index contributed by atoms with van der Waals surface area (Å²) < 4.78 is 11.4. The van der Waals surface area contributed by atoms with E-state index in [0.717, 1.165) is 28.5 Å². The highest BCUT2D eigenvalue weighted by molar-refractivity contribution is 7.80. The van der Waals surface area contributed by atoms with Gasteiger partial charge in [-0.3, -0.25) is 4.98 Å². The van der Waals surface area contributed by atoms with Crippen LogP contribution >= 0.6 is 12.2 Å². The van der Waals surface area contributed by atoms with Crippen molar-refractivity contribution in [3.63, 3.8) is 0 Å². The topological polar surface area (TPSA) is 50.5 Å². The fourth-order valence-electron chi connectivity index (χ4n) is 2.94. The summed E-state index contributed by atoms with van der Waals surface area (Å²) in [5, 5.41) is 3.91. The van der Waals surface area contributed by atoms with Crippen LogP contribution in [0.3, 0.4) is 0 Å². The number of para-hydroxylation sites is 1. The van der Waals surface area contributed by atoms with Crippen molar-refractivity contribution in [2.45, 2.75) is 13.1 Å². The van der Waals surface area contributed by atoms with Gasteiger partial charge in [0.15, 0.2) is 5.11 Å². The van der Waals surface area contributed by atoms with Gasteiger partial charge < -0.3 is 19.4 Å². The average molecular weight is 416 g/mol. The molecule has 2 aromatic heterocycles. The van der Waals surface area contributed by atoms with Gasteiger partial charge in [0.2, 0.25) is 0 Å². The highest BCUT2D eigenvalue weighted by Crippen LogP contribution is 2.23. The molecule has 0 aliphatic carbocycles. The van der Waals surface area contributed by atoms with Crippen molar-refractivity contribution in [2.24, 2.45) is 0 Å². The Morgan fingerprint density at radius 2 is 1.70 bits per heavy atom. The Morgan fingerprint density at radius 1 is 0.900 bits per heavy atom. The van der Waals surface area contributed by atoms with E-state index in [1.54, 1.807) is 12.5 Å². The van der Waals surface area contributed by atoms with Crippen LogP contribution in [-0.2, 0) is 13.1 Å². The summed E-state index contributed by atoms with van der Waals surface area (Å²) in [5.74, 6) is 2.41. The maximum absolute atomic E-state index is 5.84. The second-order valence-electron chi connectivity index (χ2n) is 6.67. The average Bonchev–Trinajstić information content (AvgIpc) is 3.29. The van der Waals surface area contributed by atoms with Crippen LogP contribution < -0.4 is 10.1 Å². The minimum atomic E-state index is 0.558. The number of hydrogen-bond donors (Lipinski definition) is 1. The molecule has 0 aliphatic rings. The Hall–Kier alpha value is -3.64. The van der Waals surface area contributed by atoms with E-state index in [0.29, 0.717) is 18.2 Å². The molecule has 4 aromatic rings. The van der Waals surface area contributed by atoms with Gasteiger partial charge in [0, 0.05) is 24.6 Å². The van der Waals surface area contributed by atoms with Crippen LogP contribution in [0.25, 0.3) is 0 Å². The predicted octanol–water partition coefficient (Wildman–Crippen LogP) is 5.87. The van der Waals surface area contributed by atoms with Crippen LogP contribution in [0.15, 0.2) is 102 Å². The first-order chi connectivity index (χ1) is 14.8. The molecule has 0 aliphatic heterocycles. The second kappa shape index (κ2) is 9.71. The maximum Gasteiger partial charge on any atom is 0.174 e. The number of nitrogens with zero attached hydrogens (tertiary/aromatic N) is 2. The quantitative estimate of drug-likeness (QED) is 0.381. The number of anilines is 1. The van der Waals surface area contributed by atoms with E-state index in [2.05, 4.69) is 10.3 Å². The molecule has 0 fully saturated rings. The second-order valence-corrected chi connectivity index (χ2v) is 7.05. The zero-order valence-corrected chi connectivity index (χ0v) is 17.1. The Labute approximate surface area is 180 Å². The van der Waals surface area contributed by atoms with Crippen molar-refractivity contribution in [3.8, 4) is 11.5 Å². The van der Waals surface area contributed by atoms with Gasteiger partial charge in [0.1, 0.15) is 17.3 Å². The smallest absolute Gasteiger partial charge is 0.174 e. The Bertz CT molecular complexity index is 1050. The van der Waals surface area contributed by atoms with Crippen LogP contribution in [0.2, 0.25) is 0 Å². The maximum atomic E-state index is 5.84. The third-order valence-corrected chi connectivity index (χ3v) is 4.75. The van der Waals surface area contributed by atoms with E-state index in [9.17, 15) is 0 Å². The number of aromatic nitrogens is 1. The van der Waals surface area contributed by atoms with Crippen LogP contribution in [0.5, 0.6) is 11.5 Å².